The number of aliphatic imine (C=N–C) groups is 2. The number of aromatic nitrogens is 2. The molecule has 1 aliphatic heterocycles. The number of aryl methyl sites for hydroxylation is 1. The number of carbonyl (C=O) groups excluding carboxylic acids is 1. The van der Waals surface area contributed by atoms with E-state index in [1.807, 2.05) is 13.0 Å². The molecule has 168 valence electrons. The average molecular weight is 486 g/mol. The molecule has 0 bridgehead atoms. The Morgan fingerprint density at radius 2 is 2.09 bits per heavy atom. The van der Waals surface area contributed by atoms with Gasteiger partial charge in [-0.2, -0.15) is 0 Å². The van der Waals surface area contributed by atoms with Gasteiger partial charge in [0.25, 0.3) is 12.1 Å². The minimum atomic E-state index is -0.573. The second-order valence-electron chi connectivity index (χ2n) is 6.73. The fourth-order valence-corrected chi connectivity index (χ4v) is 3.95. The zero-order valence-corrected chi connectivity index (χ0v) is 18.9. The minimum Gasteiger partial charge on any atom is -0.861 e. The first-order valence-corrected chi connectivity index (χ1v) is 11.2. The van der Waals surface area contributed by atoms with Crippen molar-refractivity contribution in [3.8, 4) is 0 Å². The Balaban J connectivity index is 1.63. The van der Waals surface area contributed by atoms with E-state index >= 15 is 0 Å². The normalized spacial score (nSPS) is 15.4. The molecule has 0 fully saturated rings. The third-order valence-electron chi connectivity index (χ3n) is 4.51. The molecule has 0 saturated carbocycles. The number of hydrogen-bond acceptors (Lipinski definition) is 7. The molecule has 4 rings (SSSR count). The lowest BCUT2D eigenvalue weighted by Gasteiger charge is -2.18. The van der Waals surface area contributed by atoms with Crippen LogP contribution in [0.1, 0.15) is 12.5 Å². The van der Waals surface area contributed by atoms with Gasteiger partial charge in [0, 0.05) is 11.3 Å². The van der Waals surface area contributed by atoms with E-state index in [0.29, 0.717) is 12.2 Å². The number of halogens is 2. The number of hydrogen-bond donors (Lipinski definition) is 0. The maximum absolute atomic E-state index is 14.3. The van der Waals surface area contributed by atoms with E-state index < -0.39 is 17.6 Å². The van der Waals surface area contributed by atoms with Crippen LogP contribution in [-0.2, 0) is 11.3 Å². The van der Waals surface area contributed by atoms with Crippen LogP contribution in [0.2, 0.25) is 5.02 Å². The molecule has 0 saturated heterocycles. The standard InChI is InChI=1S/C22H17ClFN5O3S/c1-2-28-12-20(32-27-28)26-19(30)13-33-22-25-18(11-15-16(23)9-6-10-17(15)24)21(31)29(22)14-7-4-3-5-8-14/h3-12H,2,13H2,1H3/b18-11-. The Labute approximate surface area is 197 Å². The molecule has 3 aromatic rings. The van der Waals surface area contributed by atoms with Crippen molar-refractivity contribution in [2.45, 2.75) is 13.5 Å². The maximum Gasteiger partial charge on any atom is 0.320 e. The Hall–Kier alpha value is -3.50. The van der Waals surface area contributed by atoms with Crippen LogP contribution >= 0.6 is 23.4 Å². The Morgan fingerprint density at radius 1 is 1.30 bits per heavy atom. The molecule has 33 heavy (non-hydrogen) atoms. The first-order valence-electron chi connectivity index (χ1n) is 9.84. The number of benzene rings is 2. The summed E-state index contributed by atoms with van der Waals surface area (Å²) in [5.41, 5.74) is 0.614. The molecule has 0 radical (unpaired) electrons. The summed E-state index contributed by atoms with van der Waals surface area (Å²) in [5.74, 6) is -1.54. The predicted octanol–water partition coefficient (Wildman–Crippen LogP) is 3.34. The monoisotopic (exact) mass is 485 g/mol. The molecule has 0 atom stereocenters. The number of amidine groups is 1. The smallest absolute Gasteiger partial charge is 0.320 e. The fourth-order valence-electron chi connectivity index (χ4n) is 2.93. The minimum absolute atomic E-state index is 0.00281. The lowest BCUT2D eigenvalue weighted by Crippen LogP contribution is -2.32. The molecule has 0 unspecified atom stereocenters. The van der Waals surface area contributed by atoms with Crippen molar-refractivity contribution in [1.29, 1.82) is 0 Å². The molecule has 1 aromatic heterocycles. The van der Waals surface area contributed by atoms with E-state index in [2.05, 4.69) is 15.3 Å². The Kier molecular flexibility index (Phi) is 6.85. The molecule has 0 N–H and O–H groups in total. The number of para-hydroxylation sites is 1. The van der Waals surface area contributed by atoms with Gasteiger partial charge in [0.1, 0.15) is 11.5 Å². The molecule has 2 heterocycles. The van der Waals surface area contributed by atoms with Gasteiger partial charge in [-0.25, -0.2) is 14.4 Å². The Morgan fingerprint density at radius 3 is 2.79 bits per heavy atom. The predicted molar refractivity (Wildman–Crippen MR) is 123 cm³/mol. The van der Waals surface area contributed by atoms with Crippen molar-refractivity contribution >= 4 is 58.0 Å². The quantitative estimate of drug-likeness (QED) is 0.231. The van der Waals surface area contributed by atoms with Crippen LogP contribution in [0.3, 0.4) is 0 Å². The van der Waals surface area contributed by atoms with Gasteiger partial charge in [-0.3, -0.25) is 14.2 Å². The van der Waals surface area contributed by atoms with Gasteiger partial charge in [0.15, 0.2) is 11.7 Å². The maximum atomic E-state index is 14.3. The first-order chi connectivity index (χ1) is 16.0. The number of thioether (sulfide) groups is 1. The second-order valence-corrected chi connectivity index (χ2v) is 8.08. The third kappa shape index (κ3) is 5.12. The summed E-state index contributed by atoms with van der Waals surface area (Å²) in [4.78, 5) is 22.7. The van der Waals surface area contributed by atoms with Gasteiger partial charge in [0.05, 0.1) is 10.7 Å². The van der Waals surface area contributed by atoms with Crippen LogP contribution < -0.4 is 14.7 Å². The summed E-state index contributed by atoms with van der Waals surface area (Å²) in [6.07, 6.45) is 2.81. The van der Waals surface area contributed by atoms with Crippen LogP contribution in [0.25, 0.3) is 6.08 Å². The summed E-state index contributed by atoms with van der Waals surface area (Å²) >= 11 is 7.13. The van der Waals surface area contributed by atoms with Gasteiger partial charge in [-0.1, -0.05) is 52.3 Å². The van der Waals surface area contributed by atoms with Gasteiger partial charge in [-0.15, -0.1) is 0 Å². The van der Waals surface area contributed by atoms with E-state index in [1.165, 1.54) is 40.1 Å². The summed E-state index contributed by atoms with van der Waals surface area (Å²) in [5, 5.41) is 16.5. The summed E-state index contributed by atoms with van der Waals surface area (Å²) in [6.45, 7) is 2.45. The van der Waals surface area contributed by atoms with E-state index in [4.69, 9.17) is 16.1 Å². The van der Waals surface area contributed by atoms with Gasteiger partial charge in [-0.05, 0) is 43.2 Å². The van der Waals surface area contributed by atoms with E-state index in [1.54, 1.807) is 24.3 Å². The van der Waals surface area contributed by atoms with Crippen molar-refractivity contribution < 1.29 is 23.5 Å². The van der Waals surface area contributed by atoms with Gasteiger partial charge < -0.3 is 5.11 Å². The summed E-state index contributed by atoms with van der Waals surface area (Å²) in [7, 11) is 0. The highest BCUT2D eigenvalue weighted by Crippen LogP contribution is 2.31. The van der Waals surface area contributed by atoms with Crippen molar-refractivity contribution in [3.05, 3.63) is 76.8 Å². The molecular formula is C22H17ClFN5O3S. The highest BCUT2D eigenvalue weighted by atomic mass is 35.5. The van der Waals surface area contributed by atoms with Gasteiger partial charge in [0.2, 0.25) is 5.27 Å². The molecule has 8 nitrogen and oxygen atoms in total. The number of nitrogens with zero attached hydrogens (tertiary/aromatic N) is 5. The van der Waals surface area contributed by atoms with Crippen molar-refractivity contribution in [2.75, 3.05) is 10.7 Å². The van der Waals surface area contributed by atoms with Crippen LogP contribution in [0.15, 0.2) is 74.9 Å². The average Bonchev–Trinajstić information content (AvgIpc) is 3.39. The molecule has 0 spiro atoms. The topological polar surface area (TPSA) is 98.0 Å². The van der Waals surface area contributed by atoms with Crippen LogP contribution in [0.5, 0.6) is 0 Å². The summed E-state index contributed by atoms with van der Waals surface area (Å²) < 4.78 is 20.7. The zero-order valence-electron chi connectivity index (χ0n) is 17.3. The largest absolute Gasteiger partial charge is 0.861 e. The molecule has 2 aromatic carbocycles. The molecule has 1 amide bonds. The van der Waals surface area contributed by atoms with Crippen LogP contribution in [-0.4, -0.2) is 28.0 Å². The first kappa shape index (κ1) is 22.7. The van der Waals surface area contributed by atoms with Crippen molar-refractivity contribution in [1.82, 2.24) is 5.27 Å². The number of rotatable bonds is 6. The van der Waals surface area contributed by atoms with Crippen LogP contribution in [0.4, 0.5) is 16.0 Å². The Bertz CT molecular complexity index is 1260. The zero-order chi connectivity index (χ0) is 23.4. The van der Waals surface area contributed by atoms with E-state index in [0.717, 1.165) is 11.8 Å². The number of amides is 1. The molecular weight excluding hydrogens is 469 g/mol. The van der Waals surface area contributed by atoms with Crippen molar-refractivity contribution in [2.24, 2.45) is 9.98 Å². The number of carbonyl (C=O) groups is 1. The van der Waals surface area contributed by atoms with Gasteiger partial charge >= 0.3 is 5.88 Å². The highest BCUT2D eigenvalue weighted by Gasteiger charge is 2.32. The number of anilines is 1. The lowest BCUT2D eigenvalue weighted by atomic mass is 10.1. The third-order valence-corrected chi connectivity index (χ3v) is 5.76. The highest BCUT2D eigenvalue weighted by molar-refractivity contribution is 8.14. The fraction of sp³-hybridized carbons (Fsp3) is 0.136. The summed E-state index contributed by atoms with van der Waals surface area (Å²) in [6, 6.07) is 13.1. The molecule has 0 aliphatic carbocycles. The molecule has 1 aliphatic rings. The lowest BCUT2D eigenvalue weighted by molar-refractivity contribution is -0.759. The SMILES string of the molecule is CC[n+]1cc(/N=C(/[O-])CSC2=N/C(=C\c3c(F)cccc3Cl)C(=O)N2c2ccccc2)on1. The molecule has 11 heteroatoms. The van der Waals surface area contributed by atoms with E-state index in [-0.39, 0.29) is 33.1 Å². The van der Waals surface area contributed by atoms with Crippen molar-refractivity contribution in [3.63, 3.8) is 0 Å². The van der Waals surface area contributed by atoms with E-state index in [9.17, 15) is 14.3 Å². The van der Waals surface area contributed by atoms with Crippen LogP contribution in [0, 0.1) is 5.82 Å². The second kappa shape index (κ2) is 9.97.